The van der Waals surface area contributed by atoms with Crippen molar-refractivity contribution in [3.63, 3.8) is 0 Å². The number of aromatic nitrogens is 2. The molecule has 0 radical (unpaired) electrons. The summed E-state index contributed by atoms with van der Waals surface area (Å²) in [5.74, 6) is -0.862. The molecule has 0 saturated carbocycles. The summed E-state index contributed by atoms with van der Waals surface area (Å²) < 4.78 is 13.0. The van der Waals surface area contributed by atoms with Crippen molar-refractivity contribution < 1.29 is 14.3 Å². The summed E-state index contributed by atoms with van der Waals surface area (Å²) in [5.41, 5.74) is -0.373. The van der Waals surface area contributed by atoms with Crippen LogP contribution in [0.25, 0.3) is 0 Å². The largest absolute Gasteiger partial charge is 0.458 e. The Bertz CT molecular complexity index is 454. The van der Waals surface area contributed by atoms with Crippen molar-refractivity contribution in [2.24, 2.45) is 5.92 Å². The predicted molar refractivity (Wildman–Crippen MR) is 76.5 cm³/mol. The first-order valence-electron chi connectivity index (χ1n) is 6.56. The Labute approximate surface area is 123 Å². The molecule has 1 aromatic rings. The monoisotopic (exact) mass is 299 g/mol. The van der Waals surface area contributed by atoms with Gasteiger partial charge in [0, 0.05) is 0 Å². The quantitative estimate of drug-likeness (QED) is 0.841. The lowest BCUT2D eigenvalue weighted by atomic mass is 9.98. The first kappa shape index (κ1) is 16.6. The third-order valence-corrected chi connectivity index (χ3v) is 3.23. The number of rotatable bonds is 5. The van der Waals surface area contributed by atoms with Crippen molar-refractivity contribution in [2.75, 3.05) is 0 Å². The zero-order valence-electron chi connectivity index (χ0n) is 12.5. The van der Waals surface area contributed by atoms with E-state index in [4.69, 9.17) is 4.74 Å². The minimum Gasteiger partial charge on any atom is -0.458 e. The Morgan fingerprint density at radius 2 is 2.10 bits per heavy atom. The van der Waals surface area contributed by atoms with Gasteiger partial charge in [0.05, 0.1) is 17.9 Å². The van der Waals surface area contributed by atoms with Gasteiger partial charge in [-0.3, -0.25) is 4.79 Å². The molecule has 0 spiro atoms. The summed E-state index contributed by atoms with van der Waals surface area (Å²) in [6, 6.07) is -0.687. The van der Waals surface area contributed by atoms with E-state index in [1.54, 1.807) is 20.8 Å². The molecule has 1 amide bonds. The maximum atomic E-state index is 12.2. The molecule has 0 aliphatic rings. The highest BCUT2D eigenvalue weighted by atomic mass is 32.1. The molecule has 6 nitrogen and oxygen atoms in total. The van der Waals surface area contributed by atoms with Gasteiger partial charge in [-0.05, 0) is 26.7 Å². The molecule has 1 N–H and O–H groups in total. The van der Waals surface area contributed by atoms with Gasteiger partial charge in [0.1, 0.15) is 11.6 Å². The fourth-order valence-electron chi connectivity index (χ4n) is 1.51. The van der Waals surface area contributed by atoms with Crippen LogP contribution >= 0.6 is 11.7 Å². The molecule has 0 aliphatic carbocycles. The van der Waals surface area contributed by atoms with E-state index in [2.05, 4.69) is 14.1 Å². The number of carbonyl (C=O) groups is 2. The number of nitrogens with zero attached hydrogens (tertiary/aromatic N) is 2. The fourth-order valence-corrected chi connectivity index (χ4v) is 1.93. The number of amides is 1. The van der Waals surface area contributed by atoms with E-state index in [-0.39, 0.29) is 11.6 Å². The van der Waals surface area contributed by atoms with Crippen LogP contribution in [0.15, 0.2) is 6.20 Å². The zero-order valence-corrected chi connectivity index (χ0v) is 13.3. The molecule has 1 rings (SSSR count). The van der Waals surface area contributed by atoms with Gasteiger partial charge in [-0.25, -0.2) is 4.79 Å². The Kier molecular flexibility index (Phi) is 5.62. The van der Waals surface area contributed by atoms with Crippen LogP contribution in [0.1, 0.15) is 51.5 Å². The molecule has 0 saturated heterocycles. The lowest BCUT2D eigenvalue weighted by Crippen LogP contribution is -2.47. The number of ether oxygens (including phenoxy) is 1. The van der Waals surface area contributed by atoms with Crippen LogP contribution in [0.5, 0.6) is 0 Å². The molecular formula is C13H21N3O3S. The second kappa shape index (κ2) is 6.78. The molecule has 1 heterocycles. The molecule has 1 aromatic heterocycles. The third kappa shape index (κ3) is 4.88. The molecule has 7 heteroatoms. The molecule has 0 fully saturated rings. The van der Waals surface area contributed by atoms with E-state index >= 15 is 0 Å². The van der Waals surface area contributed by atoms with E-state index in [1.807, 2.05) is 13.8 Å². The average Bonchev–Trinajstić information content (AvgIpc) is 2.86. The van der Waals surface area contributed by atoms with Crippen LogP contribution in [0, 0.1) is 5.92 Å². The minimum absolute atomic E-state index is 0.0274. The van der Waals surface area contributed by atoms with Gasteiger partial charge in [-0.2, -0.15) is 8.75 Å². The topological polar surface area (TPSA) is 81.2 Å². The molecule has 20 heavy (non-hydrogen) atoms. The zero-order chi connectivity index (χ0) is 15.3. The van der Waals surface area contributed by atoms with Gasteiger partial charge < -0.3 is 10.1 Å². The molecular weight excluding hydrogens is 278 g/mol. The second-order valence-corrected chi connectivity index (χ2v) is 6.22. The summed E-state index contributed by atoms with van der Waals surface area (Å²) in [7, 11) is 0. The van der Waals surface area contributed by atoms with Crippen molar-refractivity contribution >= 4 is 23.6 Å². The Morgan fingerprint density at radius 3 is 2.55 bits per heavy atom. The van der Waals surface area contributed by atoms with E-state index < -0.39 is 23.5 Å². The normalized spacial score (nSPS) is 14.4. The van der Waals surface area contributed by atoms with E-state index in [0.717, 1.165) is 18.1 Å². The molecule has 2 atom stereocenters. The summed E-state index contributed by atoms with van der Waals surface area (Å²) >= 11 is 0.951. The maximum absolute atomic E-state index is 12.2. The van der Waals surface area contributed by atoms with Crippen LogP contribution in [-0.2, 0) is 9.53 Å². The van der Waals surface area contributed by atoms with Crippen molar-refractivity contribution in [3.8, 4) is 0 Å². The Morgan fingerprint density at radius 1 is 1.45 bits per heavy atom. The maximum Gasteiger partial charge on any atom is 0.329 e. The summed E-state index contributed by atoms with van der Waals surface area (Å²) in [5, 5.41) is 2.68. The number of esters is 1. The van der Waals surface area contributed by atoms with Crippen LogP contribution in [0.3, 0.4) is 0 Å². The molecule has 0 aromatic carbocycles. The van der Waals surface area contributed by atoms with Crippen molar-refractivity contribution in [2.45, 2.75) is 52.7 Å². The third-order valence-electron chi connectivity index (χ3n) is 2.75. The number of hydrogen-bond donors (Lipinski definition) is 1. The van der Waals surface area contributed by atoms with E-state index in [9.17, 15) is 9.59 Å². The van der Waals surface area contributed by atoms with Crippen LogP contribution < -0.4 is 5.32 Å². The number of hydrogen-bond acceptors (Lipinski definition) is 6. The summed E-state index contributed by atoms with van der Waals surface area (Å²) in [6.07, 6.45) is 2.13. The molecule has 0 unspecified atom stereocenters. The van der Waals surface area contributed by atoms with Gasteiger partial charge in [-0.15, -0.1) is 0 Å². The van der Waals surface area contributed by atoms with E-state index in [0.29, 0.717) is 0 Å². The van der Waals surface area contributed by atoms with Gasteiger partial charge in [0.15, 0.2) is 5.69 Å². The van der Waals surface area contributed by atoms with Crippen LogP contribution in [-0.4, -0.2) is 32.3 Å². The average molecular weight is 299 g/mol. The molecule has 112 valence electrons. The van der Waals surface area contributed by atoms with Crippen LogP contribution in [0.2, 0.25) is 0 Å². The lowest BCUT2D eigenvalue weighted by molar-refractivity contribution is -0.158. The number of carbonyl (C=O) groups excluding carboxylic acids is 2. The lowest BCUT2D eigenvalue weighted by Gasteiger charge is -2.27. The Hall–Kier alpha value is -1.50. The van der Waals surface area contributed by atoms with Gasteiger partial charge in [-0.1, -0.05) is 20.3 Å². The Balaban J connectivity index is 2.79. The number of nitrogens with one attached hydrogen (secondary N) is 1. The van der Waals surface area contributed by atoms with Crippen molar-refractivity contribution in [1.29, 1.82) is 0 Å². The van der Waals surface area contributed by atoms with Crippen molar-refractivity contribution in [3.05, 3.63) is 11.9 Å². The second-order valence-electron chi connectivity index (χ2n) is 5.66. The molecule has 0 aliphatic heterocycles. The standard InChI is InChI=1S/C13H21N3O3S/c1-6-8(2)10(12(18)19-13(3,4)5)15-11(17)9-7-14-20-16-9/h7-8,10H,6H2,1-5H3,(H,15,17)/t8-,10-/m0/s1. The SMILES string of the molecule is CC[C@H](C)[C@H](NC(=O)c1cnsn1)C(=O)OC(C)(C)C. The first-order valence-corrected chi connectivity index (χ1v) is 7.29. The molecule has 0 bridgehead atoms. The summed E-state index contributed by atoms with van der Waals surface area (Å²) in [6.45, 7) is 9.24. The highest BCUT2D eigenvalue weighted by Crippen LogP contribution is 2.15. The highest BCUT2D eigenvalue weighted by Gasteiger charge is 2.31. The van der Waals surface area contributed by atoms with Gasteiger partial charge in [0.25, 0.3) is 5.91 Å². The van der Waals surface area contributed by atoms with Crippen molar-refractivity contribution in [1.82, 2.24) is 14.1 Å². The smallest absolute Gasteiger partial charge is 0.329 e. The highest BCUT2D eigenvalue weighted by molar-refractivity contribution is 6.99. The van der Waals surface area contributed by atoms with E-state index in [1.165, 1.54) is 6.20 Å². The van der Waals surface area contributed by atoms with Gasteiger partial charge >= 0.3 is 5.97 Å². The van der Waals surface area contributed by atoms with Crippen LogP contribution in [0.4, 0.5) is 0 Å². The summed E-state index contributed by atoms with van der Waals surface area (Å²) in [4.78, 5) is 24.2. The fraction of sp³-hybridized carbons (Fsp3) is 0.692. The minimum atomic E-state index is -0.687. The van der Waals surface area contributed by atoms with Gasteiger partial charge in [0.2, 0.25) is 0 Å². The first-order chi connectivity index (χ1) is 9.24. The predicted octanol–water partition coefficient (Wildman–Crippen LogP) is 2.02.